The molecule has 27 heavy (non-hydrogen) atoms. The number of rotatable bonds is 8. The van der Waals surface area contributed by atoms with Gasteiger partial charge in [-0.2, -0.15) is 0 Å². The molecule has 1 amide bonds. The molecule has 3 rings (SSSR count). The van der Waals surface area contributed by atoms with E-state index in [0.717, 1.165) is 10.3 Å². The smallest absolute Gasteiger partial charge is 0.239 e. The number of anilines is 2. The lowest BCUT2D eigenvalue weighted by atomic mass is 10.2. The number of fused-ring (bicyclic) bond motifs is 1. The number of carbonyl (C=O) groups is 1. The molecule has 0 unspecified atom stereocenters. The Kier molecular flexibility index (Phi) is 5.96. The molecule has 0 aliphatic heterocycles. The van der Waals surface area contributed by atoms with Gasteiger partial charge < -0.3 is 20.5 Å². The van der Waals surface area contributed by atoms with Crippen molar-refractivity contribution >= 4 is 39.1 Å². The number of methoxy groups -OCH3 is 1. The second-order valence-corrected chi connectivity index (χ2v) is 6.50. The number of nitrogens with two attached hydrogens (primary N) is 2. The van der Waals surface area contributed by atoms with Crippen molar-refractivity contribution in [2.24, 2.45) is 11.6 Å². The van der Waals surface area contributed by atoms with E-state index in [-0.39, 0.29) is 12.3 Å². The number of ether oxygens (including phenoxy) is 2. The highest BCUT2D eigenvalue weighted by Crippen LogP contribution is 2.35. The minimum atomic E-state index is -0.285. The Labute approximate surface area is 158 Å². The summed E-state index contributed by atoms with van der Waals surface area (Å²) in [4.78, 5) is 25.0. The molecule has 6 N–H and O–H groups in total. The van der Waals surface area contributed by atoms with Gasteiger partial charge in [-0.1, -0.05) is 0 Å². The summed E-state index contributed by atoms with van der Waals surface area (Å²) in [5.74, 6) is 6.49. The van der Waals surface area contributed by atoms with Gasteiger partial charge in [-0.25, -0.2) is 20.8 Å². The largest absolute Gasteiger partial charge is 0.493 e. The summed E-state index contributed by atoms with van der Waals surface area (Å²) < 4.78 is 11.0. The molecule has 0 aliphatic rings. The van der Waals surface area contributed by atoms with E-state index in [1.165, 1.54) is 17.7 Å². The Morgan fingerprint density at radius 2 is 2.11 bits per heavy atom. The molecular weight excluding hydrogens is 370 g/mol. The topological polar surface area (TPSA) is 150 Å². The predicted octanol–water partition coefficient (Wildman–Crippen LogP) is 0.708. The van der Waals surface area contributed by atoms with E-state index in [9.17, 15) is 4.79 Å². The Balaban J connectivity index is 1.89. The number of benzene rings is 1. The zero-order valence-corrected chi connectivity index (χ0v) is 15.4. The van der Waals surface area contributed by atoms with E-state index in [1.54, 1.807) is 25.4 Å². The zero-order valence-electron chi connectivity index (χ0n) is 14.6. The van der Waals surface area contributed by atoms with Gasteiger partial charge in [0.05, 0.1) is 19.0 Å². The number of thiazole rings is 1. The van der Waals surface area contributed by atoms with Crippen LogP contribution in [0.4, 0.5) is 10.9 Å². The molecule has 0 saturated carbocycles. The third-order valence-corrected chi connectivity index (χ3v) is 4.48. The van der Waals surface area contributed by atoms with Crippen LogP contribution in [0.2, 0.25) is 0 Å². The second kappa shape index (κ2) is 8.58. The van der Waals surface area contributed by atoms with Gasteiger partial charge in [0.2, 0.25) is 5.91 Å². The number of hydrogen-bond donors (Lipinski definition) is 4. The van der Waals surface area contributed by atoms with Crippen LogP contribution in [0.1, 0.15) is 4.88 Å². The maximum atomic E-state index is 11.4. The van der Waals surface area contributed by atoms with Crippen molar-refractivity contribution in [1.82, 2.24) is 20.4 Å². The Bertz CT molecular complexity index is 947. The first-order chi connectivity index (χ1) is 13.1. The number of aromatic nitrogens is 3. The number of nitrogens with zero attached hydrogens (tertiary/aromatic N) is 3. The average Bonchev–Trinajstić information content (AvgIpc) is 3.12. The number of carbonyl (C=O) groups excluding carboxylic acids is 1. The molecule has 1 aromatic carbocycles. The Hall–Kier alpha value is -3.02. The van der Waals surface area contributed by atoms with Crippen LogP contribution >= 0.6 is 11.3 Å². The van der Waals surface area contributed by atoms with Crippen molar-refractivity contribution in [3.63, 3.8) is 0 Å². The third-order valence-electron chi connectivity index (χ3n) is 3.57. The monoisotopic (exact) mass is 389 g/mol. The highest BCUT2D eigenvalue weighted by atomic mass is 32.1. The fourth-order valence-electron chi connectivity index (χ4n) is 2.36. The molecule has 0 fully saturated rings. The molecule has 142 valence electrons. The minimum absolute atomic E-state index is 0.163. The van der Waals surface area contributed by atoms with E-state index in [1.807, 2.05) is 0 Å². The number of amides is 1. The molecule has 10 nitrogen and oxygen atoms in total. The van der Waals surface area contributed by atoms with Crippen molar-refractivity contribution in [3.8, 4) is 11.5 Å². The molecule has 0 atom stereocenters. The van der Waals surface area contributed by atoms with Crippen LogP contribution in [-0.2, 0) is 11.2 Å². The summed E-state index contributed by atoms with van der Waals surface area (Å²) >= 11 is 1.34. The standard InChI is InChI=1S/C16H19N7O3S/c1-25-12-5-10-11(6-13(12)26-3-2-17)20-8-21-15(10)22-16-19-7-9(27-16)4-14(24)23-18/h5-8H,2-4,17-18H2,1H3,(H,23,24)(H,19,20,21,22). The van der Waals surface area contributed by atoms with Crippen LogP contribution in [0.5, 0.6) is 11.5 Å². The molecule has 0 radical (unpaired) electrons. The maximum Gasteiger partial charge on any atom is 0.239 e. The maximum absolute atomic E-state index is 11.4. The highest BCUT2D eigenvalue weighted by molar-refractivity contribution is 7.15. The Morgan fingerprint density at radius 1 is 1.26 bits per heavy atom. The number of hydrazine groups is 1. The van der Waals surface area contributed by atoms with Gasteiger partial charge in [0.15, 0.2) is 16.6 Å². The predicted molar refractivity (Wildman–Crippen MR) is 102 cm³/mol. The van der Waals surface area contributed by atoms with Crippen LogP contribution in [0.3, 0.4) is 0 Å². The SMILES string of the molecule is COc1cc2c(Nc3ncc(CC(=O)NN)s3)ncnc2cc1OCCN. The molecule has 2 heterocycles. The average molecular weight is 389 g/mol. The lowest BCUT2D eigenvalue weighted by Crippen LogP contribution is -2.31. The molecular formula is C16H19N7O3S. The van der Waals surface area contributed by atoms with Crippen LogP contribution in [0, 0.1) is 0 Å². The van der Waals surface area contributed by atoms with E-state index >= 15 is 0 Å². The molecule has 3 aromatic rings. The van der Waals surface area contributed by atoms with Crippen molar-refractivity contribution in [2.45, 2.75) is 6.42 Å². The van der Waals surface area contributed by atoms with Crippen LogP contribution < -0.4 is 31.8 Å². The number of hydrogen-bond acceptors (Lipinski definition) is 10. The van der Waals surface area contributed by atoms with Crippen LogP contribution in [0.15, 0.2) is 24.7 Å². The van der Waals surface area contributed by atoms with Crippen LogP contribution in [-0.4, -0.2) is 41.1 Å². The fraction of sp³-hybridized carbons (Fsp3) is 0.250. The van der Waals surface area contributed by atoms with E-state index in [0.29, 0.717) is 41.1 Å². The van der Waals surface area contributed by atoms with Gasteiger partial charge in [0.1, 0.15) is 18.8 Å². The Morgan fingerprint density at radius 3 is 2.85 bits per heavy atom. The second-order valence-electron chi connectivity index (χ2n) is 5.38. The molecule has 0 aliphatic carbocycles. The summed E-state index contributed by atoms with van der Waals surface area (Å²) in [5, 5.41) is 4.49. The lowest BCUT2D eigenvalue weighted by Gasteiger charge is -2.12. The first-order valence-electron chi connectivity index (χ1n) is 8.01. The molecule has 0 spiro atoms. The molecule has 11 heteroatoms. The quantitative estimate of drug-likeness (QED) is 0.248. The fourth-order valence-corrected chi connectivity index (χ4v) is 3.17. The highest BCUT2D eigenvalue weighted by Gasteiger charge is 2.13. The van der Waals surface area contributed by atoms with Gasteiger partial charge in [0.25, 0.3) is 0 Å². The zero-order chi connectivity index (χ0) is 19.2. The van der Waals surface area contributed by atoms with E-state index in [2.05, 4.69) is 25.7 Å². The van der Waals surface area contributed by atoms with Gasteiger partial charge in [0, 0.05) is 29.1 Å². The molecule has 0 saturated heterocycles. The van der Waals surface area contributed by atoms with Crippen molar-refractivity contribution < 1.29 is 14.3 Å². The van der Waals surface area contributed by atoms with E-state index < -0.39 is 0 Å². The molecule has 2 aromatic heterocycles. The summed E-state index contributed by atoms with van der Waals surface area (Å²) in [7, 11) is 1.56. The van der Waals surface area contributed by atoms with Crippen LogP contribution in [0.25, 0.3) is 10.9 Å². The summed E-state index contributed by atoms with van der Waals surface area (Å²) in [6, 6.07) is 3.56. The lowest BCUT2D eigenvalue weighted by molar-refractivity contribution is -0.120. The third kappa shape index (κ3) is 4.39. The summed E-state index contributed by atoms with van der Waals surface area (Å²) in [6.07, 6.45) is 3.22. The van der Waals surface area contributed by atoms with Gasteiger partial charge >= 0.3 is 0 Å². The van der Waals surface area contributed by atoms with Gasteiger partial charge in [-0.3, -0.25) is 10.2 Å². The minimum Gasteiger partial charge on any atom is -0.493 e. The normalized spacial score (nSPS) is 10.6. The van der Waals surface area contributed by atoms with Crippen molar-refractivity contribution in [3.05, 3.63) is 29.5 Å². The van der Waals surface area contributed by atoms with Gasteiger partial charge in [-0.15, -0.1) is 11.3 Å². The first kappa shape index (κ1) is 18.8. The summed E-state index contributed by atoms with van der Waals surface area (Å²) in [5.41, 5.74) is 8.27. The summed E-state index contributed by atoms with van der Waals surface area (Å²) in [6.45, 7) is 0.767. The van der Waals surface area contributed by atoms with E-state index in [4.69, 9.17) is 21.1 Å². The van der Waals surface area contributed by atoms with Gasteiger partial charge in [-0.05, 0) is 6.07 Å². The molecule has 0 bridgehead atoms. The van der Waals surface area contributed by atoms with Crippen molar-refractivity contribution in [1.29, 1.82) is 0 Å². The first-order valence-corrected chi connectivity index (χ1v) is 8.83. The number of nitrogens with one attached hydrogen (secondary N) is 2. The van der Waals surface area contributed by atoms with Crippen molar-refractivity contribution in [2.75, 3.05) is 25.6 Å².